The van der Waals surface area contributed by atoms with Crippen molar-refractivity contribution in [3.05, 3.63) is 53.6 Å². The van der Waals surface area contributed by atoms with Gasteiger partial charge in [0, 0.05) is 17.4 Å². The molecule has 0 bridgehead atoms. The molecule has 10 heteroatoms. The van der Waals surface area contributed by atoms with Crippen molar-refractivity contribution in [2.45, 2.75) is 0 Å². The van der Waals surface area contributed by atoms with Gasteiger partial charge in [-0.3, -0.25) is 25.4 Å². The number of nitrogens with zero attached hydrogens (tertiary/aromatic N) is 2. The smallest absolute Gasteiger partial charge is 0.359 e. The van der Waals surface area contributed by atoms with Crippen LogP contribution in [0.25, 0.3) is 0 Å². The Morgan fingerprint density at radius 1 is 1.00 bits per heavy atom. The number of aromatic nitrogens is 2. The molecule has 0 spiro atoms. The lowest BCUT2D eigenvalue weighted by Crippen LogP contribution is -2.45. The zero-order valence-corrected chi connectivity index (χ0v) is 13.5. The number of hydrazine groups is 1. The van der Waals surface area contributed by atoms with E-state index in [1.165, 1.54) is 18.6 Å². The fourth-order valence-corrected chi connectivity index (χ4v) is 1.63. The summed E-state index contributed by atoms with van der Waals surface area (Å²) < 4.78 is 9.90. The summed E-state index contributed by atoms with van der Waals surface area (Å²) in [6, 6.07) is 6.42. The molecule has 1 aromatic heterocycles. The predicted molar refractivity (Wildman–Crippen MR) is 85.5 cm³/mol. The molecule has 0 saturated carbocycles. The van der Waals surface area contributed by atoms with E-state index >= 15 is 0 Å². The zero-order valence-electron chi connectivity index (χ0n) is 12.8. The van der Waals surface area contributed by atoms with E-state index in [2.05, 4.69) is 20.8 Å². The van der Waals surface area contributed by atoms with Gasteiger partial charge in [0.2, 0.25) is 0 Å². The third-order valence-electron chi connectivity index (χ3n) is 2.63. The lowest BCUT2D eigenvalue weighted by Gasteiger charge is -2.09. The number of nitrogens with one attached hydrogen (secondary N) is 2. The minimum absolute atomic E-state index is 0.0318. The first kappa shape index (κ1) is 18.1. The number of ether oxygens (including phenoxy) is 2. The monoisotopic (exact) mass is 364 g/mol. The molecule has 0 aliphatic rings. The Balaban J connectivity index is 1.64. The van der Waals surface area contributed by atoms with Crippen LogP contribution in [0.2, 0.25) is 5.02 Å². The maximum Gasteiger partial charge on any atom is 0.359 e. The summed E-state index contributed by atoms with van der Waals surface area (Å²) in [4.78, 5) is 42.0. The Bertz CT molecular complexity index is 739. The quantitative estimate of drug-likeness (QED) is 0.566. The van der Waals surface area contributed by atoms with Gasteiger partial charge in [0.1, 0.15) is 5.75 Å². The molecule has 2 rings (SSSR count). The highest BCUT2D eigenvalue weighted by Crippen LogP contribution is 2.15. The Morgan fingerprint density at radius 3 is 2.32 bits per heavy atom. The van der Waals surface area contributed by atoms with Crippen molar-refractivity contribution in [1.29, 1.82) is 0 Å². The molecule has 0 aliphatic heterocycles. The molecule has 0 saturated heterocycles. The van der Waals surface area contributed by atoms with Crippen LogP contribution in [-0.4, -0.2) is 41.0 Å². The summed E-state index contributed by atoms with van der Waals surface area (Å²) in [5.74, 6) is -1.68. The molecule has 0 fully saturated rings. The number of hydrogen-bond acceptors (Lipinski definition) is 7. The fraction of sp³-hybridized carbons (Fsp3) is 0.133. The Labute approximate surface area is 147 Å². The molecule has 0 unspecified atom stereocenters. The lowest BCUT2D eigenvalue weighted by molar-refractivity contribution is -0.131. The molecular formula is C15H13ClN4O5. The highest BCUT2D eigenvalue weighted by molar-refractivity contribution is 6.30. The highest BCUT2D eigenvalue weighted by atomic mass is 35.5. The van der Waals surface area contributed by atoms with Gasteiger partial charge in [-0.15, -0.1) is 0 Å². The molecule has 1 heterocycles. The number of esters is 1. The lowest BCUT2D eigenvalue weighted by atomic mass is 10.3. The van der Waals surface area contributed by atoms with Gasteiger partial charge in [-0.1, -0.05) is 11.6 Å². The number of halogens is 1. The van der Waals surface area contributed by atoms with E-state index in [4.69, 9.17) is 21.1 Å². The molecule has 2 N–H and O–H groups in total. The van der Waals surface area contributed by atoms with Gasteiger partial charge < -0.3 is 9.47 Å². The molecule has 1 aromatic carbocycles. The maximum atomic E-state index is 11.5. The van der Waals surface area contributed by atoms with Crippen molar-refractivity contribution in [2.75, 3.05) is 13.2 Å². The Morgan fingerprint density at radius 2 is 1.68 bits per heavy atom. The van der Waals surface area contributed by atoms with E-state index < -0.39 is 24.4 Å². The second-order valence-electron chi connectivity index (χ2n) is 4.51. The maximum absolute atomic E-state index is 11.5. The number of benzene rings is 1. The van der Waals surface area contributed by atoms with Crippen LogP contribution in [0.1, 0.15) is 10.5 Å². The second kappa shape index (κ2) is 9.18. The largest absolute Gasteiger partial charge is 0.484 e. The van der Waals surface area contributed by atoms with Crippen molar-refractivity contribution in [2.24, 2.45) is 0 Å². The Kier molecular flexibility index (Phi) is 6.66. The van der Waals surface area contributed by atoms with Crippen LogP contribution in [0.4, 0.5) is 0 Å². The van der Waals surface area contributed by atoms with E-state index in [0.717, 1.165) is 0 Å². The van der Waals surface area contributed by atoms with Gasteiger partial charge >= 0.3 is 5.97 Å². The van der Waals surface area contributed by atoms with Crippen LogP contribution in [0.5, 0.6) is 5.75 Å². The van der Waals surface area contributed by atoms with Gasteiger partial charge in [0.05, 0.1) is 6.20 Å². The van der Waals surface area contributed by atoms with Crippen LogP contribution in [0, 0.1) is 0 Å². The average Bonchev–Trinajstić information content (AvgIpc) is 2.64. The van der Waals surface area contributed by atoms with Crippen molar-refractivity contribution < 1.29 is 23.9 Å². The fourth-order valence-electron chi connectivity index (χ4n) is 1.50. The third-order valence-corrected chi connectivity index (χ3v) is 2.88. The molecule has 130 valence electrons. The summed E-state index contributed by atoms with van der Waals surface area (Å²) in [5.41, 5.74) is 4.17. The van der Waals surface area contributed by atoms with Gasteiger partial charge in [-0.2, -0.15) is 0 Å². The number of rotatable bonds is 6. The molecule has 9 nitrogen and oxygen atoms in total. The summed E-state index contributed by atoms with van der Waals surface area (Å²) in [5, 5.41) is 0.542. The molecule has 25 heavy (non-hydrogen) atoms. The number of hydrogen-bond donors (Lipinski definition) is 2. The summed E-state index contributed by atoms with van der Waals surface area (Å²) in [6.45, 7) is -0.908. The van der Waals surface area contributed by atoms with Gasteiger partial charge in [0.15, 0.2) is 18.9 Å². The molecular weight excluding hydrogens is 352 g/mol. The minimum Gasteiger partial charge on any atom is -0.484 e. The van der Waals surface area contributed by atoms with Crippen LogP contribution in [-0.2, 0) is 14.3 Å². The first-order valence-corrected chi connectivity index (χ1v) is 7.31. The molecule has 0 atom stereocenters. The average molecular weight is 365 g/mol. The first-order chi connectivity index (χ1) is 12.0. The summed E-state index contributed by atoms with van der Waals surface area (Å²) in [7, 11) is 0. The normalized spacial score (nSPS) is 9.80. The molecule has 2 amide bonds. The third kappa shape index (κ3) is 6.43. The first-order valence-electron chi connectivity index (χ1n) is 6.94. The number of carbonyl (C=O) groups is 3. The van der Waals surface area contributed by atoms with Gasteiger partial charge in [0.25, 0.3) is 11.8 Å². The standard InChI is InChI=1S/C15H13ClN4O5/c16-10-1-3-11(4-2-10)24-8-13(21)19-20-14(22)9-25-15(23)12-7-17-5-6-18-12/h1-7H,8-9H2,(H,19,21)(H,20,22). The molecule has 0 aliphatic carbocycles. The van der Waals surface area contributed by atoms with Crippen LogP contribution < -0.4 is 15.6 Å². The van der Waals surface area contributed by atoms with E-state index in [9.17, 15) is 14.4 Å². The summed E-state index contributed by atoms with van der Waals surface area (Å²) >= 11 is 5.72. The topological polar surface area (TPSA) is 120 Å². The van der Waals surface area contributed by atoms with E-state index in [1.807, 2.05) is 0 Å². The number of amides is 2. The number of carbonyl (C=O) groups excluding carboxylic acids is 3. The minimum atomic E-state index is -0.805. The van der Waals surface area contributed by atoms with E-state index in [1.54, 1.807) is 24.3 Å². The zero-order chi connectivity index (χ0) is 18.1. The predicted octanol–water partition coefficient (Wildman–Crippen LogP) is 0.513. The second-order valence-corrected chi connectivity index (χ2v) is 4.94. The van der Waals surface area contributed by atoms with Crippen LogP contribution in [0.15, 0.2) is 42.9 Å². The van der Waals surface area contributed by atoms with E-state index in [0.29, 0.717) is 10.8 Å². The SMILES string of the molecule is O=C(COC(=O)c1cnccn1)NNC(=O)COc1ccc(Cl)cc1. The Hall–Kier alpha value is -3.20. The van der Waals surface area contributed by atoms with Crippen LogP contribution in [0.3, 0.4) is 0 Å². The van der Waals surface area contributed by atoms with Crippen molar-refractivity contribution in [3.63, 3.8) is 0 Å². The van der Waals surface area contributed by atoms with Crippen molar-refractivity contribution in [1.82, 2.24) is 20.8 Å². The molecule has 0 radical (unpaired) electrons. The van der Waals surface area contributed by atoms with Crippen molar-refractivity contribution in [3.8, 4) is 5.75 Å². The van der Waals surface area contributed by atoms with Crippen LogP contribution >= 0.6 is 11.6 Å². The van der Waals surface area contributed by atoms with Gasteiger partial charge in [-0.05, 0) is 24.3 Å². The molecule has 2 aromatic rings. The summed E-state index contributed by atoms with van der Waals surface area (Å²) in [6.07, 6.45) is 3.92. The van der Waals surface area contributed by atoms with Gasteiger partial charge in [-0.25, -0.2) is 9.78 Å². The van der Waals surface area contributed by atoms with E-state index in [-0.39, 0.29) is 12.3 Å². The highest BCUT2D eigenvalue weighted by Gasteiger charge is 2.12. The van der Waals surface area contributed by atoms with Crippen molar-refractivity contribution >= 4 is 29.4 Å².